The first-order valence-corrected chi connectivity index (χ1v) is 7.22. The highest BCUT2D eigenvalue weighted by Gasteiger charge is 2.05. The minimum absolute atomic E-state index is 0.113. The lowest BCUT2D eigenvalue weighted by atomic mass is 10.1. The molecule has 5 nitrogen and oxygen atoms in total. The Morgan fingerprint density at radius 1 is 1.09 bits per heavy atom. The van der Waals surface area contributed by atoms with E-state index in [1.165, 1.54) is 6.20 Å². The van der Waals surface area contributed by atoms with Crippen molar-refractivity contribution in [1.82, 2.24) is 15.6 Å². The molecule has 0 aliphatic heterocycles. The summed E-state index contributed by atoms with van der Waals surface area (Å²) in [4.78, 5) is 27.4. The molecule has 0 unspecified atom stereocenters. The van der Waals surface area contributed by atoms with Crippen LogP contribution in [0.25, 0.3) is 0 Å². The van der Waals surface area contributed by atoms with Crippen LogP contribution in [0.4, 0.5) is 0 Å². The van der Waals surface area contributed by atoms with Crippen LogP contribution in [0, 0.1) is 0 Å². The van der Waals surface area contributed by atoms with Gasteiger partial charge < -0.3 is 10.6 Å². The summed E-state index contributed by atoms with van der Waals surface area (Å²) in [6.07, 6.45) is 3.36. The largest absolute Gasteiger partial charge is 0.354 e. The fourth-order valence-electron chi connectivity index (χ4n) is 1.87. The molecule has 0 spiro atoms. The Balaban J connectivity index is 1.68. The summed E-state index contributed by atoms with van der Waals surface area (Å²) in [5.74, 6) is -0.324. The average molecular weight is 318 g/mol. The smallest absolute Gasteiger partial charge is 0.252 e. The van der Waals surface area contributed by atoms with Gasteiger partial charge in [0.1, 0.15) is 0 Å². The van der Waals surface area contributed by atoms with Crippen LogP contribution < -0.4 is 10.6 Å². The van der Waals surface area contributed by atoms with E-state index in [1.807, 2.05) is 6.07 Å². The predicted octanol–water partition coefficient (Wildman–Crippen LogP) is 1.82. The van der Waals surface area contributed by atoms with E-state index in [-0.39, 0.29) is 18.2 Å². The third-order valence-electron chi connectivity index (χ3n) is 2.91. The lowest BCUT2D eigenvalue weighted by molar-refractivity contribution is -0.120. The second kappa shape index (κ2) is 8.14. The number of rotatable bonds is 6. The highest BCUT2D eigenvalue weighted by atomic mass is 35.5. The summed E-state index contributed by atoms with van der Waals surface area (Å²) in [5, 5.41) is 6.06. The summed E-state index contributed by atoms with van der Waals surface area (Å²) in [7, 11) is 0. The molecule has 1 aromatic heterocycles. The number of hydrogen-bond donors (Lipinski definition) is 2. The van der Waals surface area contributed by atoms with Crippen LogP contribution in [0.3, 0.4) is 0 Å². The van der Waals surface area contributed by atoms with E-state index >= 15 is 0 Å². The van der Waals surface area contributed by atoms with Gasteiger partial charge in [0, 0.05) is 30.5 Å². The zero-order chi connectivity index (χ0) is 15.8. The van der Waals surface area contributed by atoms with Gasteiger partial charge in [0.2, 0.25) is 5.91 Å². The minimum Gasteiger partial charge on any atom is -0.354 e. The van der Waals surface area contributed by atoms with Crippen molar-refractivity contribution in [3.05, 3.63) is 64.9 Å². The maximum atomic E-state index is 11.8. The maximum Gasteiger partial charge on any atom is 0.252 e. The van der Waals surface area contributed by atoms with Crippen molar-refractivity contribution in [3.63, 3.8) is 0 Å². The Bertz CT molecular complexity index is 647. The molecule has 0 bridgehead atoms. The van der Waals surface area contributed by atoms with E-state index in [0.717, 1.165) is 5.56 Å². The monoisotopic (exact) mass is 317 g/mol. The van der Waals surface area contributed by atoms with Crippen LogP contribution in [-0.2, 0) is 11.2 Å². The fourth-order valence-corrected chi connectivity index (χ4v) is 2.08. The third-order valence-corrected chi connectivity index (χ3v) is 3.15. The minimum atomic E-state index is -0.211. The molecule has 1 aromatic carbocycles. The molecule has 0 atom stereocenters. The van der Waals surface area contributed by atoms with E-state index in [9.17, 15) is 9.59 Å². The molecule has 1 heterocycles. The molecule has 0 saturated heterocycles. The molecular weight excluding hydrogens is 302 g/mol. The van der Waals surface area contributed by atoms with Crippen LogP contribution in [0.1, 0.15) is 15.9 Å². The Kier molecular flexibility index (Phi) is 5.91. The van der Waals surface area contributed by atoms with E-state index in [2.05, 4.69) is 15.6 Å². The summed E-state index contributed by atoms with van der Waals surface area (Å²) < 4.78 is 0. The standard InChI is InChI=1S/C16H16ClN3O2/c17-14-5-1-3-12(9-14)10-15(21)19-7-8-20-16(22)13-4-2-6-18-11-13/h1-6,9,11H,7-8,10H2,(H,19,21)(H,20,22). The van der Waals surface area contributed by atoms with Crippen LogP contribution >= 0.6 is 11.6 Å². The van der Waals surface area contributed by atoms with Gasteiger partial charge in [0.25, 0.3) is 5.91 Å². The van der Waals surface area contributed by atoms with Crippen LogP contribution in [-0.4, -0.2) is 29.9 Å². The number of nitrogens with one attached hydrogen (secondary N) is 2. The first-order chi connectivity index (χ1) is 10.6. The predicted molar refractivity (Wildman–Crippen MR) is 84.7 cm³/mol. The molecule has 2 amide bonds. The van der Waals surface area contributed by atoms with Gasteiger partial charge in [0.05, 0.1) is 12.0 Å². The Morgan fingerprint density at radius 3 is 2.64 bits per heavy atom. The fraction of sp³-hybridized carbons (Fsp3) is 0.188. The molecule has 0 aliphatic carbocycles. The first kappa shape index (κ1) is 16.0. The van der Waals surface area contributed by atoms with Crippen molar-refractivity contribution in [3.8, 4) is 0 Å². The SMILES string of the molecule is O=C(Cc1cccc(Cl)c1)NCCNC(=O)c1cccnc1. The Hall–Kier alpha value is -2.40. The Morgan fingerprint density at radius 2 is 1.91 bits per heavy atom. The van der Waals surface area contributed by atoms with Crippen molar-refractivity contribution in [1.29, 1.82) is 0 Å². The lowest BCUT2D eigenvalue weighted by Gasteiger charge is -2.07. The van der Waals surface area contributed by atoms with Gasteiger partial charge in [-0.15, -0.1) is 0 Å². The topological polar surface area (TPSA) is 71.1 Å². The van der Waals surface area contributed by atoms with E-state index < -0.39 is 0 Å². The normalized spacial score (nSPS) is 10.0. The highest BCUT2D eigenvalue weighted by Crippen LogP contribution is 2.10. The van der Waals surface area contributed by atoms with Gasteiger partial charge >= 0.3 is 0 Å². The molecule has 0 saturated carbocycles. The number of nitrogens with zero attached hydrogens (tertiary/aromatic N) is 1. The third kappa shape index (κ3) is 5.18. The van der Waals surface area contributed by atoms with Crippen molar-refractivity contribution >= 4 is 23.4 Å². The molecule has 0 aliphatic rings. The van der Waals surface area contributed by atoms with Gasteiger partial charge in [-0.25, -0.2) is 0 Å². The zero-order valence-electron chi connectivity index (χ0n) is 11.9. The summed E-state index contributed by atoms with van der Waals surface area (Å²) in [5.41, 5.74) is 1.34. The molecular formula is C16H16ClN3O2. The zero-order valence-corrected chi connectivity index (χ0v) is 12.6. The van der Waals surface area contributed by atoms with Gasteiger partial charge in [-0.2, -0.15) is 0 Å². The van der Waals surface area contributed by atoms with Crippen LogP contribution in [0.15, 0.2) is 48.8 Å². The van der Waals surface area contributed by atoms with Crippen LogP contribution in [0.5, 0.6) is 0 Å². The molecule has 2 aromatic rings. The second-order valence-electron chi connectivity index (χ2n) is 4.65. The number of halogens is 1. The summed E-state index contributed by atoms with van der Waals surface area (Å²) >= 11 is 5.86. The first-order valence-electron chi connectivity index (χ1n) is 6.84. The number of pyridine rings is 1. The number of carbonyl (C=O) groups is 2. The molecule has 6 heteroatoms. The maximum absolute atomic E-state index is 11.8. The van der Waals surface area contributed by atoms with Crippen molar-refractivity contribution in [2.45, 2.75) is 6.42 Å². The molecule has 0 fully saturated rings. The van der Waals surface area contributed by atoms with Gasteiger partial charge in [-0.05, 0) is 29.8 Å². The van der Waals surface area contributed by atoms with E-state index in [4.69, 9.17) is 11.6 Å². The lowest BCUT2D eigenvalue weighted by Crippen LogP contribution is -2.35. The van der Waals surface area contributed by atoms with E-state index in [0.29, 0.717) is 23.7 Å². The summed E-state index contributed by atoms with van der Waals surface area (Å²) in [6, 6.07) is 10.5. The Labute approximate surface area is 133 Å². The van der Waals surface area contributed by atoms with Gasteiger partial charge in [0.15, 0.2) is 0 Å². The van der Waals surface area contributed by atoms with Gasteiger partial charge in [-0.3, -0.25) is 14.6 Å². The van der Waals surface area contributed by atoms with Crippen molar-refractivity contribution in [2.24, 2.45) is 0 Å². The number of hydrogen-bond acceptors (Lipinski definition) is 3. The number of benzene rings is 1. The molecule has 22 heavy (non-hydrogen) atoms. The van der Waals surface area contributed by atoms with Crippen LogP contribution in [0.2, 0.25) is 5.02 Å². The number of amides is 2. The average Bonchev–Trinajstić information content (AvgIpc) is 2.52. The summed E-state index contributed by atoms with van der Waals surface area (Å²) in [6.45, 7) is 0.723. The van der Waals surface area contributed by atoms with E-state index in [1.54, 1.807) is 36.5 Å². The van der Waals surface area contributed by atoms with Crippen molar-refractivity contribution in [2.75, 3.05) is 13.1 Å². The molecule has 0 radical (unpaired) electrons. The molecule has 2 N–H and O–H groups in total. The highest BCUT2D eigenvalue weighted by molar-refractivity contribution is 6.30. The number of carbonyl (C=O) groups excluding carboxylic acids is 2. The quantitative estimate of drug-likeness (QED) is 0.798. The van der Waals surface area contributed by atoms with Gasteiger partial charge in [-0.1, -0.05) is 23.7 Å². The molecule has 114 valence electrons. The number of aromatic nitrogens is 1. The van der Waals surface area contributed by atoms with Crippen molar-refractivity contribution < 1.29 is 9.59 Å². The molecule has 2 rings (SSSR count). The second-order valence-corrected chi connectivity index (χ2v) is 5.09.